The molecule has 15 aromatic rings. The number of hydrogen-bond donors (Lipinski definition) is 7. The smallest absolute Gasteiger partial charge is 0.335 e. The van der Waals surface area contributed by atoms with Gasteiger partial charge in [0.2, 0.25) is 0 Å². The summed E-state index contributed by atoms with van der Waals surface area (Å²) >= 11 is 0. The molecule has 6 aliphatic rings. The van der Waals surface area contributed by atoms with E-state index in [2.05, 4.69) is 69.3 Å². The van der Waals surface area contributed by atoms with Crippen molar-refractivity contribution in [2.24, 2.45) is 7.05 Å². The number of Topliss-reactive ketones (excluding diaryl/α,β-unsaturated/α-hetero) is 2. The summed E-state index contributed by atoms with van der Waals surface area (Å²) in [4.78, 5) is 127. The van der Waals surface area contributed by atoms with Crippen LogP contribution in [0, 0.1) is 13.8 Å². The van der Waals surface area contributed by atoms with Gasteiger partial charge in [0.25, 0.3) is 29.5 Å². The molecule has 6 aliphatic heterocycles. The molecule has 0 bridgehead atoms. The molecule has 640 valence electrons. The zero-order chi connectivity index (χ0) is 88.7. The molecule has 7 N–H and O–H groups in total. The summed E-state index contributed by atoms with van der Waals surface area (Å²) < 4.78 is 34.5. The molecule has 29 heteroatoms. The summed E-state index contributed by atoms with van der Waals surface area (Å²) in [5.74, 6) is 6.54. The number of carboxylic acids is 1. The minimum absolute atomic E-state index is 0.0169. The molecule has 8 aromatic carbocycles. The van der Waals surface area contributed by atoms with Gasteiger partial charge < -0.3 is 64.1 Å². The standard InChI is InChI=1S/C19H17N3O3.C18H24N4O3.C18H14N2O3S.C17H16N2O2.C13H12N2O.C12H10N2O/c23-18-14-2-1-3-15-17(14)22(11-10-20-18)16(21-15)9-6-12-4-7-13(8-5-12)19(24)25;1-18(2,3)25-15(23)11-21(4)10-14-20-13-7-5-6-12-16(13)22(14)9-8-19-17(12)24;1-24(23,12-6-3-2-4-7-12)20-11-14-16(21)10-19-18(22)13-8-5-9-15(20)17(13)14;1-10-9-15(21-11(10)2)17-18-13-6-3-5-12-14(20)7-4-8-19(17)16(12)13;1-8-6-14-13(16)9-4-3-5-11-12(9)10(8)7-15(11)2;1-7-5-14-12(15)8-3-2-4-10-11(8)9(7)6-13-10/h1-5,7-8H,6,9-11H2,(H,20,23)(H,24,25);5-7H,8-11H2,1-4H3,(H,19,24);2-9,11H,1,10H2,(H,19,22);3,5-6,9H,4,7-8H2,1-2H3;3-5,7H,1,6H2,2H3,(H,14,16);2-4,6,13H,1,5H2,(H,14,15). The normalized spacial score (nSPS) is 14.9. The van der Waals surface area contributed by atoms with Crippen molar-refractivity contribution >= 4 is 146 Å². The Kier molecular flexibility index (Phi) is 23.4. The number of carbonyl (C=O) groups excluding carboxylic acids is 8. The number of benzene rings is 8. The van der Waals surface area contributed by atoms with Gasteiger partial charge in [0.15, 0.2) is 23.2 Å². The second kappa shape index (κ2) is 34.8. The maximum atomic E-state index is 13.4. The third-order valence-corrected chi connectivity index (χ3v) is 24.8. The van der Waals surface area contributed by atoms with Crippen LogP contribution >= 0.6 is 0 Å². The molecule has 13 heterocycles. The number of para-hydroxylation sites is 3. The number of ketones is 2. The first-order valence-corrected chi connectivity index (χ1v) is 43.0. The Morgan fingerprint density at radius 3 is 1.70 bits per heavy atom. The molecule has 7 aromatic heterocycles. The van der Waals surface area contributed by atoms with Crippen LogP contribution in [0.4, 0.5) is 0 Å². The maximum absolute atomic E-state index is 13.4. The molecular formula is C97H93N15O13S. The SMILES string of the molecule is C=C1CNC(=O)c2cccc3[nH]cc1c23.C=C1CNC(=O)c2cccc3c2c1cn3C.C=S(=O)(c1ccccc1)n1cc2c3c(cccc31)C(=O)NCC2=O.CN(CC(=O)OC(C)(C)C)Cc1nc2cccc3c2n1CCNC3=O.Cc1cc(-c2nc3cccc4c3n2CCCC4=O)oc1C.O=C(O)c1ccc(CCc2nc3cccc4c3n2CCNC4=O)cc1. The highest BCUT2D eigenvalue weighted by molar-refractivity contribution is 7.99. The van der Waals surface area contributed by atoms with Crippen LogP contribution in [-0.2, 0) is 65.3 Å². The number of rotatable bonds is 11. The summed E-state index contributed by atoms with van der Waals surface area (Å²) in [5, 5.41) is 25.6. The van der Waals surface area contributed by atoms with Crippen molar-refractivity contribution in [2.45, 2.75) is 97.0 Å². The minimum Gasteiger partial charge on any atom is -0.478 e. The number of hydrogen-bond acceptors (Lipinski definition) is 16. The van der Waals surface area contributed by atoms with E-state index in [0.29, 0.717) is 90.3 Å². The van der Waals surface area contributed by atoms with Crippen LogP contribution in [-0.4, -0.2) is 167 Å². The van der Waals surface area contributed by atoms with Gasteiger partial charge in [-0.2, -0.15) is 0 Å². The van der Waals surface area contributed by atoms with E-state index in [9.17, 15) is 47.4 Å². The van der Waals surface area contributed by atoms with Crippen molar-refractivity contribution < 1.29 is 61.6 Å². The summed E-state index contributed by atoms with van der Waals surface area (Å²) in [6.45, 7) is 22.5. The fourth-order valence-corrected chi connectivity index (χ4v) is 18.2. The van der Waals surface area contributed by atoms with Crippen LogP contribution in [0.3, 0.4) is 0 Å². The molecule has 1 atom stereocenters. The number of esters is 1. The number of likely N-dealkylation sites (N-methyl/N-ethyl adjacent to an activating group) is 1. The van der Waals surface area contributed by atoms with Gasteiger partial charge in [-0.05, 0) is 186 Å². The number of H-pyrrole nitrogens is 1. The fourth-order valence-electron chi connectivity index (χ4n) is 16.7. The number of aryl methyl sites for hydroxylation is 6. The molecule has 126 heavy (non-hydrogen) atoms. The number of nitrogens with zero attached hydrogens (tertiary/aromatic N) is 9. The van der Waals surface area contributed by atoms with Crippen molar-refractivity contribution in [3.05, 3.63) is 286 Å². The molecule has 0 fully saturated rings. The predicted molar refractivity (Wildman–Crippen MR) is 486 cm³/mol. The largest absolute Gasteiger partial charge is 0.478 e. The molecule has 0 radical (unpaired) electrons. The monoisotopic (exact) mass is 1710 g/mol. The number of ether oxygens (including phenoxy) is 1. The first-order chi connectivity index (χ1) is 60.5. The van der Waals surface area contributed by atoms with Crippen molar-refractivity contribution in [3.63, 3.8) is 0 Å². The molecule has 1 unspecified atom stereocenters. The van der Waals surface area contributed by atoms with Gasteiger partial charge in [-0.1, -0.05) is 79.9 Å². The van der Waals surface area contributed by atoms with E-state index in [0.717, 1.165) is 160 Å². The van der Waals surface area contributed by atoms with E-state index in [-0.39, 0.29) is 65.7 Å². The van der Waals surface area contributed by atoms with E-state index in [1.807, 2.05) is 186 Å². The van der Waals surface area contributed by atoms with E-state index in [4.69, 9.17) is 24.2 Å². The second-order valence-corrected chi connectivity index (χ2v) is 34.7. The van der Waals surface area contributed by atoms with E-state index in [1.165, 1.54) is 3.97 Å². The first-order valence-electron chi connectivity index (χ1n) is 41.3. The first kappa shape index (κ1) is 84.8. The summed E-state index contributed by atoms with van der Waals surface area (Å²) in [6, 6.07) is 51.4. The number of nitrogens with one attached hydrogen (secondary N) is 6. The van der Waals surface area contributed by atoms with Crippen LogP contribution in [0.2, 0.25) is 0 Å². The number of aromatic nitrogens is 9. The van der Waals surface area contributed by atoms with Gasteiger partial charge in [-0.15, -0.1) is 0 Å². The lowest BCUT2D eigenvalue weighted by atomic mass is 10.0. The number of amides is 5. The Morgan fingerprint density at radius 2 is 1.09 bits per heavy atom. The number of imidazole rings is 3. The highest BCUT2D eigenvalue weighted by atomic mass is 32.2. The third kappa shape index (κ3) is 16.9. The van der Waals surface area contributed by atoms with Crippen LogP contribution in [0.1, 0.15) is 156 Å². The number of aromatic carboxylic acids is 1. The van der Waals surface area contributed by atoms with Gasteiger partial charge in [0, 0.05) is 155 Å². The average Bonchev–Trinajstić information content (AvgIpc) is 1.59. The van der Waals surface area contributed by atoms with E-state index >= 15 is 0 Å². The highest BCUT2D eigenvalue weighted by Crippen LogP contribution is 2.37. The fraction of sp³-hybridized carbons (Fsp3) is 0.227. The third-order valence-electron chi connectivity index (χ3n) is 22.8. The van der Waals surface area contributed by atoms with Crippen LogP contribution < -0.4 is 26.6 Å². The van der Waals surface area contributed by atoms with Crippen molar-refractivity contribution in [1.29, 1.82) is 0 Å². The number of aromatic amines is 1. The molecule has 5 amide bonds. The summed E-state index contributed by atoms with van der Waals surface area (Å²) in [7, 11) is 0.983. The van der Waals surface area contributed by atoms with Crippen molar-refractivity contribution in [1.82, 2.24) is 73.7 Å². The summed E-state index contributed by atoms with van der Waals surface area (Å²) in [5.41, 5.74) is 18.2. The van der Waals surface area contributed by atoms with Crippen molar-refractivity contribution in [2.75, 3.05) is 46.3 Å². The van der Waals surface area contributed by atoms with Gasteiger partial charge in [-0.25, -0.2) is 24.0 Å². The maximum Gasteiger partial charge on any atom is 0.335 e. The number of carboxylic acid groups (broad SMARTS) is 1. The van der Waals surface area contributed by atoms with Gasteiger partial charge >= 0.3 is 11.9 Å². The molecule has 0 spiro atoms. The van der Waals surface area contributed by atoms with Crippen LogP contribution in [0.5, 0.6) is 0 Å². The molecule has 0 aliphatic carbocycles. The highest BCUT2D eigenvalue weighted by Gasteiger charge is 2.31. The second-order valence-electron chi connectivity index (χ2n) is 32.6. The molecule has 21 rings (SSSR count). The Hall–Kier alpha value is -14.8. The minimum atomic E-state index is -2.86. The molecule has 28 nitrogen and oxygen atoms in total. The van der Waals surface area contributed by atoms with Gasteiger partial charge in [0.1, 0.15) is 23.0 Å². The molecular weight excluding hydrogens is 1620 g/mol. The lowest BCUT2D eigenvalue weighted by molar-refractivity contribution is -0.155. The van der Waals surface area contributed by atoms with Crippen LogP contribution in [0.15, 0.2) is 211 Å². The van der Waals surface area contributed by atoms with E-state index < -0.39 is 21.3 Å². The number of furan rings is 1. The predicted octanol–water partition coefficient (Wildman–Crippen LogP) is 13.7. The lowest BCUT2D eigenvalue weighted by Gasteiger charge is -2.22. The van der Waals surface area contributed by atoms with Gasteiger partial charge in [-0.3, -0.25) is 47.2 Å². The zero-order valence-corrected chi connectivity index (χ0v) is 71.5. The molecule has 0 saturated heterocycles. The number of carbonyl (C=O) groups is 9. The van der Waals surface area contributed by atoms with E-state index in [1.54, 1.807) is 60.8 Å². The summed E-state index contributed by atoms with van der Waals surface area (Å²) in [6.07, 6.45) is 8.43. The van der Waals surface area contributed by atoms with Gasteiger partial charge in [0.05, 0.1) is 84.6 Å². The lowest BCUT2D eigenvalue weighted by Crippen LogP contribution is -2.33. The van der Waals surface area contributed by atoms with Crippen LogP contribution in [0.25, 0.3) is 88.5 Å². The Bertz CT molecular complexity index is 7110. The quantitative estimate of drug-likeness (QED) is 0.0467. The van der Waals surface area contributed by atoms with Crippen molar-refractivity contribution in [3.8, 4) is 11.6 Å². The Balaban J connectivity index is 0.000000112. The Morgan fingerprint density at radius 1 is 0.556 bits per heavy atom. The Labute approximate surface area is 724 Å². The molecule has 0 saturated carbocycles. The zero-order valence-electron chi connectivity index (χ0n) is 70.7. The topological polar surface area (TPSA) is 356 Å². The average molecular weight is 1710 g/mol.